The minimum Gasteiger partial charge on any atom is -0.316 e. The molecule has 0 saturated carbocycles. The number of nitrogens with zero attached hydrogens (tertiary/aromatic N) is 1. The van der Waals surface area contributed by atoms with Crippen molar-refractivity contribution in [2.24, 2.45) is 11.8 Å². The smallest absolute Gasteiger partial charge is 0.150 e. The zero-order valence-electron chi connectivity index (χ0n) is 12.4. The van der Waals surface area contributed by atoms with Gasteiger partial charge in [0.25, 0.3) is 0 Å². The van der Waals surface area contributed by atoms with Crippen molar-refractivity contribution < 1.29 is 8.42 Å². The van der Waals surface area contributed by atoms with Crippen LogP contribution in [0.5, 0.6) is 0 Å². The maximum Gasteiger partial charge on any atom is 0.150 e. The van der Waals surface area contributed by atoms with Crippen molar-refractivity contribution >= 4 is 25.8 Å². The van der Waals surface area contributed by atoms with E-state index in [-0.39, 0.29) is 5.92 Å². The summed E-state index contributed by atoms with van der Waals surface area (Å²) in [5.74, 6) is 1.27. The van der Waals surface area contributed by atoms with Crippen molar-refractivity contribution in [3.63, 3.8) is 0 Å². The van der Waals surface area contributed by atoms with Crippen LogP contribution < -0.4 is 5.32 Å². The molecule has 1 N–H and O–H groups in total. The van der Waals surface area contributed by atoms with Gasteiger partial charge in [-0.1, -0.05) is 6.92 Å². The Labute approximate surface area is 135 Å². The predicted octanol–water partition coefficient (Wildman–Crippen LogP) is 2.44. The van der Waals surface area contributed by atoms with Gasteiger partial charge in [0, 0.05) is 16.4 Å². The number of rotatable bonds is 7. The summed E-state index contributed by atoms with van der Waals surface area (Å²) in [4.78, 5) is 4.43. The molecular formula is C15H23BrN2O2S. The number of halogens is 1. The van der Waals surface area contributed by atoms with Gasteiger partial charge in [-0.2, -0.15) is 0 Å². The minimum absolute atomic E-state index is 0.254. The van der Waals surface area contributed by atoms with Crippen LogP contribution in [-0.4, -0.2) is 38.0 Å². The molecule has 118 valence electrons. The first kappa shape index (κ1) is 16.9. The quantitative estimate of drug-likeness (QED) is 0.744. The molecule has 4 nitrogen and oxygen atoms in total. The van der Waals surface area contributed by atoms with Gasteiger partial charge < -0.3 is 5.32 Å². The summed E-state index contributed by atoms with van der Waals surface area (Å²) < 4.78 is 24.4. The third-order valence-corrected chi connectivity index (χ3v) is 6.29. The zero-order valence-corrected chi connectivity index (χ0v) is 14.8. The lowest BCUT2D eigenvalue weighted by Gasteiger charge is -2.23. The first-order valence-corrected chi connectivity index (χ1v) is 10.1. The van der Waals surface area contributed by atoms with Gasteiger partial charge in [0.05, 0.1) is 11.5 Å². The number of hydrogen-bond donors (Lipinski definition) is 1. The average molecular weight is 375 g/mol. The SMILES string of the molecule is CCCNCC(Cc1ccc(Br)cn1)C1CCS(=O)(=O)C1. The molecular weight excluding hydrogens is 352 g/mol. The van der Waals surface area contributed by atoms with E-state index < -0.39 is 9.84 Å². The molecule has 2 atom stereocenters. The molecule has 1 aliphatic rings. The van der Waals surface area contributed by atoms with E-state index >= 15 is 0 Å². The van der Waals surface area contributed by atoms with E-state index in [9.17, 15) is 8.42 Å². The lowest BCUT2D eigenvalue weighted by atomic mass is 9.87. The fourth-order valence-corrected chi connectivity index (χ4v) is 5.02. The topological polar surface area (TPSA) is 59.1 Å². The summed E-state index contributed by atoms with van der Waals surface area (Å²) in [5, 5.41) is 3.44. The Balaban J connectivity index is 2.03. The molecule has 1 aromatic rings. The summed E-state index contributed by atoms with van der Waals surface area (Å²) in [6.45, 7) is 3.98. The average Bonchev–Trinajstić information content (AvgIpc) is 2.80. The van der Waals surface area contributed by atoms with Crippen LogP contribution in [0.1, 0.15) is 25.5 Å². The van der Waals surface area contributed by atoms with Gasteiger partial charge in [0.15, 0.2) is 9.84 Å². The third kappa shape index (κ3) is 5.34. The van der Waals surface area contributed by atoms with Crippen molar-refractivity contribution in [3.8, 4) is 0 Å². The molecule has 6 heteroatoms. The number of nitrogens with one attached hydrogen (secondary N) is 1. The second-order valence-electron chi connectivity index (χ2n) is 5.80. The lowest BCUT2D eigenvalue weighted by Crippen LogP contribution is -2.31. The Morgan fingerprint density at radius 2 is 2.29 bits per heavy atom. The molecule has 0 aliphatic carbocycles. The van der Waals surface area contributed by atoms with Crippen molar-refractivity contribution in [2.75, 3.05) is 24.6 Å². The molecule has 2 rings (SSSR count). The first-order valence-electron chi connectivity index (χ1n) is 7.51. The largest absolute Gasteiger partial charge is 0.316 e. The number of pyridine rings is 1. The molecule has 0 bridgehead atoms. The van der Waals surface area contributed by atoms with Crippen molar-refractivity contribution in [3.05, 3.63) is 28.5 Å². The summed E-state index contributed by atoms with van der Waals surface area (Å²) in [6, 6.07) is 4.00. The van der Waals surface area contributed by atoms with Gasteiger partial charge in [-0.05, 0) is 72.3 Å². The van der Waals surface area contributed by atoms with Gasteiger partial charge in [-0.15, -0.1) is 0 Å². The second-order valence-corrected chi connectivity index (χ2v) is 8.94. The fourth-order valence-electron chi connectivity index (χ4n) is 2.86. The Morgan fingerprint density at radius 1 is 1.48 bits per heavy atom. The van der Waals surface area contributed by atoms with Gasteiger partial charge in [0.2, 0.25) is 0 Å². The van der Waals surface area contributed by atoms with Crippen LogP contribution in [0.4, 0.5) is 0 Å². The van der Waals surface area contributed by atoms with Crippen molar-refractivity contribution in [1.29, 1.82) is 0 Å². The van der Waals surface area contributed by atoms with E-state index in [1.165, 1.54) is 0 Å². The molecule has 0 amide bonds. The lowest BCUT2D eigenvalue weighted by molar-refractivity contribution is 0.341. The van der Waals surface area contributed by atoms with Crippen LogP contribution in [-0.2, 0) is 16.3 Å². The predicted molar refractivity (Wildman–Crippen MR) is 89.1 cm³/mol. The number of sulfone groups is 1. The molecule has 1 fully saturated rings. The van der Waals surface area contributed by atoms with Gasteiger partial charge in [-0.25, -0.2) is 8.42 Å². The van der Waals surface area contributed by atoms with Crippen molar-refractivity contribution in [1.82, 2.24) is 10.3 Å². The van der Waals surface area contributed by atoms with Crippen LogP contribution in [0, 0.1) is 11.8 Å². The molecule has 1 aromatic heterocycles. The maximum absolute atomic E-state index is 11.7. The molecule has 2 heterocycles. The Bertz CT molecular complexity index is 545. The highest BCUT2D eigenvalue weighted by Crippen LogP contribution is 2.28. The van der Waals surface area contributed by atoms with Gasteiger partial charge in [0.1, 0.15) is 0 Å². The second kappa shape index (κ2) is 7.70. The molecule has 1 saturated heterocycles. The standard InChI is InChI=1S/C15H23BrN2O2S/c1-2-6-17-9-13(12-5-7-21(19,20)11-12)8-15-4-3-14(16)10-18-15/h3-4,10,12-13,17H,2,5-9,11H2,1H3. The molecule has 0 aromatic carbocycles. The van der Waals surface area contributed by atoms with Crippen LogP contribution in [0.25, 0.3) is 0 Å². The van der Waals surface area contributed by atoms with Crippen molar-refractivity contribution in [2.45, 2.75) is 26.2 Å². The summed E-state index contributed by atoms with van der Waals surface area (Å²) in [6.07, 6.45) is 4.52. The molecule has 21 heavy (non-hydrogen) atoms. The van der Waals surface area contributed by atoms with Crippen LogP contribution in [0.2, 0.25) is 0 Å². The fraction of sp³-hybridized carbons (Fsp3) is 0.667. The molecule has 1 aliphatic heterocycles. The monoisotopic (exact) mass is 374 g/mol. The Hall–Kier alpha value is -0.460. The highest BCUT2D eigenvalue weighted by molar-refractivity contribution is 9.10. The summed E-state index contributed by atoms with van der Waals surface area (Å²) in [5.41, 5.74) is 1.03. The first-order chi connectivity index (χ1) is 10.00. The highest BCUT2D eigenvalue weighted by Gasteiger charge is 2.33. The zero-order chi connectivity index (χ0) is 15.3. The highest BCUT2D eigenvalue weighted by atomic mass is 79.9. The Morgan fingerprint density at radius 3 is 2.86 bits per heavy atom. The van der Waals surface area contributed by atoms with E-state index in [4.69, 9.17) is 0 Å². The normalized spacial score (nSPS) is 22.3. The summed E-state index contributed by atoms with van der Waals surface area (Å²) in [7, 11) is -2.83. The number of aromatic nitrogens is 1. The van der Waals surface area contributed by atoms with Gasteiger partial charge >= 0.3 is 0 Å². The number of hydrogen-bond acceptors (Lipinski definition) is 4. The van der Waals surface area contributed by atoms with Crippen LogP contribution >= 0.6 is 15.9 Å². The van der Waals surface area contributed by atoms with Gasteiger partial charge in [-0.3, -0.25) is 4.98 Å². The Kier molecular flexibility index (Phi) is 6.20. The third-order valence-electron chi connectivity index (χ3n) is 4.03. The van der Waals surface area contributed by atoms with E-state index in [2.05, 4.69) is 33.2 Å². The van der Waals surface area contributed by atoms with E-state index in [0.717, 1.165) is 42.5 Å². The summed E-state index contributed by atoms with van der Waals surface area (Å²) >= 11 is 3.39. The van der Waals surface area contributed by atoms with Crippen LogP contribution in [0.15, 0.2) is 22.8 Å². The molecule has 0 radical (unpaired) electrons. The van der Waals surface area contributed by atoms with E-state index in [1.807, 2.05) is 12.1 Å². The van der Waals surface area contributed by atoms with E-state index in [1.54, 1.807) is 6.20 Å². The minimum atomic E-state index is -2.83. The molecule has 0 spiro atoms. The maximum atomic E-state index is 11.7. The van der Waals surface area contributed by atoms with Crippen LogP contribution in [0.3, 0.4) is 0 Å². The molecule has 2 unspecified atom stereocenters. The van der Waals surface area contributed by atoms with E-state index in [0.29, 0.717) is 17.4 Å².